The lowest BCUT2D eigenvalue weighted by atomic mass is 10.3. The molecule has 0 aliphatic heterocycles. The number of esters is 1. The van der Waals surface area contributed by atoms with E-state index < -0.39 is 5.97 Å². The van der Waals surface area contributed by atoms with Gasteiger partial charge in [-0.05, 0) is 38.1 Å². The van der Waals surface area contributed by atoms with Gasteiger partial charge in [-0.2, -0.15) is 0 Å². The number of para-hydroxylation sites is 3. The third kappa shape index (κ3) is 4.62. The summed E-state index contributed by atoms with van der Waals surface area (Å²) in [6.45, 7) is 3.75. The fourth-order valence-electron chi connectivity index (χ4n) is 3.05. The maximum atomic E-state index is 12.5. The molecule has 2 aromatic carbocycles. The number of rotatable bonds is 7. The normalized spacial score (nSPS) is 10.9. The van der Waals surface area contributed by atoms with Gasteiger partial charge in [-0.1, -0.05) is 53.4 Å². The molecule has 31 heavy (non-hydrogen) atoms. The fraction of sp³-hybridized carbons (Fsp3) is 0.182. The molecule has 4 rings (SSSR count). The van der Waals surface area contributed by atoms with Crippen molar-refractivity contribution in [2.45, 2.75) is 19.0 Å². The number of carbonyl (C=O) groups is 2. The van der Waals surface area contributed by atoms with Crippen molar-refractivity contribution < 1.29 is 14.3 Å². The van der Waals surface area contributed by atoms with Crippen molar-refractivity contribution in [3.8, 4) is 5.69 Å². The molecule has 0 saturated heterocycles. The number of nitrogens with zero attached hydrogens (tertiary/aromatic N) is 3. The van der Waals surface area contributed by atoms with Crippen LogP contribution < -0.4 is 5.32 Å². The smallest absolute Gasteiger partial charge is 0.350 e. The fourth-order valence-corrected chi connectivity index (χ4v) is 4.75. The first-order valence-electron chi connectivity index (χ1n) is 9.67. The number of imidazole rings is 1. The molecule has 2 aromatic heterocycles. The van der Waals surface area contributed by atoms with Crippen molar-refractivity contribution in [1.82, 2.24) is 14.5 Å². The Morgan fingerprint density at radius 1 is 1.10 bits per heavy atom. The molecule has 0 bridgehead atoms. The first-order chi connectivity index (χ1) is 15.1. The molecule has 1 amide bonds. The van der Waals surface area contributed by atoms with Gasteiger partial charge in [0.15, 0.2) is 10.3 Å². The maximum absolute atomic E-state index is 12.5. The third-order valence-corrected chi connectivity index (χ3v) is 6.37. The van der Waals surface area contributed by atoms with E-state index in [-0.39, 0.29) is 18.3 Å². The summed E-state index contributed by atoms with van der Waals surface area (Å²) in [4.78, 5) is 33.9. The third-order valence-electron chi connectivity index (χ3n) is 4.38. The van der Waals surface area contributed by atoms with Gasteiger partial charge in [0.25, 0.3) is 0 Å². The predicted molar refractivity (Wildman–Crippen MR) is 123 cm³/mol. The highest BCUT2D eigenvalue weighted by Gasteiger charge is 2.18. The van der Waals surface area contributed by atoms with Crippen LogP contribution in [-0.4, -0.2) is 38.8 Å². The van der Waals surface area contributed by atoms with Crippen LogP contribution >= 0.6 is 23.1 Å². The number of thiazole rings is 1. The van der Waals surface area contributed by atoms with E-state index in [4.69, 9.17) is 9.72 Å². The Morgan fingerprint density at radius 2 is 1.84 bits per heavy atom. The molecule has 7 nitrogen and oxygen atoms in total. The summed E-state index contributed by atoms with van der Waals surface area (Å²) in [7, 11) is 0. The van der Waals surface area contributed by atoms with Gasteiger partial charge in [-0.25, -0.2) is 14.8 Å². The molecule has 0 radical (unpaired) electrons. The van der Waals surface area contributed by atoms with Crippen LogP contribution in [0.5, 0.6) is 0 Å². The molecule has 158 valence electrons. The SMILES string of the molecule is CCOC(=O)c1sc(NC(=O)CSc2nc3ccccc3n2-c2ccccc2)nc1C. The second-order valence-corrected chi connectivity index (χ2v) is 8.49. The van der Waals surface area contributed by atoms with Gasteiger partial charge >= 0.3 is 5.97 Å². The largest absolute Gasteiger partial charge is 0.462 e. The van der Waals surface area contributed by atoms with Crippen LogP contribution in [0.3, 0.4) is 0 Å². The zero-order valence-electron chi connectivity index (χ0n) is 17.0. The Morgan fingerprint density at radius 3 is 2.61 bits per heavy atom. The van der Waals surface area contributed by atoms with E-state index >= 15 is 0 Å². The summed E-state index contributed by atoms with van der Waals surface area (Å²) in [6, 6.07) is 17.8. The number of hydrogen-bond acceptors (Lipinski definition) is 7. The molecule has 0 unspecified atom stereocenters. The Hall–Kier alpha value is -3.17. The number of carbonyl (C=O) groups excluding carboxylic acids is 2. The van der Waals surface area contributed by atoms with Gasteiger partial charge in [0, 0.05) is 5.69 Å². The van der Waals surface area contributed by atoms with E-state index in [1.807, 2.05) is 59.2 Å². The second kappa shape index (κ2) is 9.32. The quantitative estimate of drug-likeness (QED) is 0.323. The van der Waals surface area contributed by atoms with Crippen molar-refractivity contribution in [2.24, 2.45) is 0 Å². The molecule has 2 heterocycles. The number of aromatic nitrogens is 3. The highest BCUT2D eigenvalue weighted by atomic mass is 32.2. The summed E-state index contributed by atoms with van der Waals surface area (Å²) in [5.74, 6) is -0.492. The van der Waals surface area contributed by atoms with E-state index in [0.29, 0.717) is 15.7 Å². The molecule has 9 heteroatoms. The zero-order valence-corrected chi connectivity index (χ0v) is 18.6. The Kier molecular flexibility index (Phi) is 6.34. The number of anilines is 1. The van der Waals surface area contributed by atoms with Crippen LogP contribution in [0.2, 0.25) is 0 Å². The number of amides is 1. The number of nitrogens with one attached hydrogen (secondary N) is 1. The van der Waals surface area contributed by atoms with Crippen LogP contribution in [0.4, 0.5) is 5.13 Å². The molecule has 0 spiro atoms. The van der Waals surface area contributed by atoms with Gasteiger partial charge in [0.2, 0.25) is 5.91 Å². The minimum atomic E-state index is -0.427. The number of benzene rings is 2. The predicted octanol–water partition coefficient (Wildman–Crippen LogP) is 4.70. The van der Waals surface area contributed by atoms with Gasteiger partial charge in [-0.15, -0.1) is 0 Å². The molecule has 0 fully saturated rings. The van der Waals surface area contributed by atoms with Crippen LogP contribution in [0.25, 0.3) is 16.7 Å². The van der Waals surface area contributed by atoms with E-state index in [0.717, 1.165) is 33.2 Å². The Bertz CT molecular complexity index is 1230. The van der Waals surface area contributed by atoms with Crippen LogP contribution in [-0.2, 0) is 9.53 Å². The average Bonchev–Trinajstić information content (AvgIpc) is 3.33. The maximum Gasteiger partial charge on any atom is 0.350 e. The molecular formula is C22H20N4O3S2. The number of thioether (sulfide) groups is 1. The van der Waals surface area contributed by atoms with Crippen molar-refractivity contribution >= 4 is 51.1 Å². The minimum Gasteiger partial charge on any atom is -0.462 e. The molecule has 4 aromatic rings. The van der Waals surface area contributed by atoms with Crippen molar-refractivity contribution in [3.05, 3.63) is 65.2 Å². The molecule has 0 atom stereocenters. The Balaban J connectivity index is 1.50. The Labute approximate surface area is 187 Å². The van der Waals surface area contributed by atoms with Crippen LogP contribution in [0, 0.1) is 6.92 Å². The lowest BCUT2D eigenvalue weighted by Crippen LogP contribution is -2.14. The van der Waals surface area contributed by atoms with E-state index in [9.17, 15) is 9.59 Å². The van der Waals surface area contributed by atoms with Gasteiger partial charge in [-0.3, -0.25) is 9.36 Å². The van der Waals surface area contributed by atoms with E-state index in [2.05, 4.69) is 10.3 Å². The minimum absolute atomic E-state index is 0.156. The topological polar surface area (TPSA) is 86.1 Å². The summed E-state index contributed by atoms with van der Waals surface area (Å²) < 4.78 is 7.06. The van der Waals surface area contributed by atoms with Crippen molar-refractivity contribution in [2.75, 3.05) is 17.7 Å². The first kappa shape index (κ1) is 21.1. The van der Waals surface area contributed by atoms with Crippen LogP contribution in [0.1, 0.15) is 22.3 Å². The standard InChI is InChI=1S/C22H20N4O3S2/c1-3-29-20(28)19-14(2)23-21(31-19)25-18(27)13-30-22-24-16-11-7-8-12-17(16)26(22)15-9-5-4-6-10-15/h4-12H,3,13H2,1-2H3,(H,23,25,27). The summed E-state index contributed by atoms with van der Waals surface area (Å²) in [5.41, 5.74) is 3.36. The van der Waals surface area contributed by atoms with E-state index in [1.165, 1.54) is 11.8 Å². The summed E-state index contributed by atoms with van der Waals surface area (Å²) in [5, 5.41) is 3.87. The first-order valence-corrected chi connectivity index (χ1v) is 11.5. The highest BCUT2D eigenvalue weighted by molar-refractivity contribution is 7.99. The van der Waals surface area contributed by atoms with Crippen molar-refractivity contribution in [3.63, 3.8) is 0 Å². The zero-order chi connectivity index (χ0) is 21.8. The molecule has 0 aliphatic carbocycles. The molecule has 1 N–H and O–H groups in total. The number of fused-ring (bicyclic) bond motifs is 1. The average molecular weight is 453 g/mol. The van der Waals surface area contributed by atoms with Gasteiger partial charge in [0.1, 0.15) is 4.88 Å². The van der Waals surface area contributed by atoms with E-state index in [1.54, 1.807) is 13.8 Å². The van der Waals surface area contributed by atoms with Gasteiger partial charge in [0.05, 0.1) is 29.1 Å². The molecule has 0 aliphatic rings. The second-order valence-electron chi connectivity index (χ2n) is 6.54. The van der Waals surface area contributed by atoms with Crippen LogP contribution in [0.15, 0.2) is 59.8 Å². The van der Waals surface area contributed by atoms with Crippen molar-refractivity contribution in [1.29, 1.82) is 0 Å². The number of hydrogen-bond donors (Lipinski definition) is 1. The van der Waals surface area contributed by atoms with Gasteiger partial charge < -0.3 is 10.1 Å². The lowest BCUT2D eigenvalue weighted by molar-refractivity contribution is -0.113. The summed E-state index contributed by atoms with van der Waals surface area (Å²) in [6.07, 6.45) is 0. The summed E-state index contributed by atoms with van der Waals surface area (Å²) >= 11 is 2.46. The highest BCUT2D eigenvalue weighted by Crippen LogP contribution is 2.28. The monoisotopic (exact) mass is 452 g/mol. The number of aryl methyl sites for hydroxylation is 1. The molecule has 0 saturated carbocycles. The lowest BCUT2D eigenvalue weighted by Gasteiger charge is -2.08. The molecular weight excluding hydrogens is 432 g/mol. The number of ether oxygens (including phenoxy) is 1.